The average molecular weight is 412 g/mol. The van der Waals surface area contributed by atoms with Crippen molar-refractivity contribution in [2.75, 3.05) is 11.9 Å². The minimum absolute atomic E-state index is 0.0255. The molecule has 0 unspecified atom stereocenters. The molecule has 3 rings (SSSR count). The number of carbonyl (C=O) groups is 1. The van der Waals surface area contributed by atoms with E-state index in [1.807, 2.05) is 0 Å². The zero-order chi connectivity index (χ0) is 20.4. The van der Waals surface area contributed by atoms with Crippen LogP contribution in [0.15, 0.2) is 59.5 Å². The summed E-state index contributed by atoms with van der Waals surface area (Å²) in [6, 6.07) is 11.1. The first-order chi connectivity index (χ1) is 13.2. The van der Waals surface area contributed by atoms with E-state index in [9.17, 15) is 26.4 Å². The van der Waals surface area contributed by atoms with Crippen LogP contribution in [0.4, 0.5) is 18.9 Å². The molecule has 0 spiro atoms. The van der Waals surface area contributed by atoms with Crippen molar-refractivity contribution in [3.63, 3.8) is 0 Å². The summed E-state index contributed by atoms with van der Waals surface area (Å²) in [5.74, 6) is -0.640. The maximum atomic E-state index is 12.9. The molecule has 1 aliphatic rings. The molecule has 9 heteroatoms. The summed E-state index contributed by atoms with van der Waals surface area (Å²) in [5.41, 5.74) is -0.912. The Kier molecular flexibility index (Phi) is 5.76. The van der Waals surface area contributed by atoms with E-state index >= 15 is 0 Å². The van der Waals surface area contributed by atoms with Crippen LogP contribution in [0, 0.1) is 0 Å². The van der Waals surface area contributed by atoms with Crippen molar-refractivity contribution < 1.29 is 26.4 Å². The lowest BCUT2D eigenvalue weighted by Gasteiger charge is -2.33. The number of halogens is 3. The van der Waals surface area contributed by atoms with Gasteiger partial charge in [-0.1, -0.05) is 30.7 Å². The summed E-state index contributed by atoms with van der Waals surface area (Å²) in [4.78, 5) is 12.8. The number of nitrogens with one attached hydrogen (secondary N) is 1. The van der Waals surface area contributed by atoms with Crippen LogP contribution in [-0.4, -0.2) is 31.2 Å². The van der Waals surface area contributed by atoms with Crippen LogP contribution in [0.3, 0.4) is 0 Å². The second kappa shape index (κ2) is 7.92. The first-order valence-corrected chi connectivity index (χ1v) is 10.2. The van der Waals surface area contributed by atoms with E-state index in [2.05, 4.69) is 5.32 Å². The van der Waals surface area contributed by atoms with Gasteiger partial charge in [-0.25, -0.2) is 8.42 Å². The van der Waals surface area contributed by atoms with Gasteiger partial charge in [0.25, 0.3) is 0 Å². The van der Waals surface area contributed by atoms with Gasteiger partial charge in [0.15, 0.2) is 0 Å². The molecule has 0 radical (unpaired) electrons. The number of piperidine rings is 1. The Labute approximate surface area is 161 Å². The number of hydrogen-bond acceptors (Lipinski definition) is 3. The van der Waals surface area contributed by atoms with E-state index in [1.165, 1.54) is 24.3 Å². The molecule has 28 heavy (non-hydrogen) atoms. The highest BCUT2D eigenvalue weighted by molar-refractivity contribution is 7.89. The Bertz CT molecular complexity index is 946. The highest BCUT2D eigenvalue weighted by Gasteiger charge is 2.38. The van der Waals surface area contributed by atoms with Crippen LogP contribution in [-0.2, 0) is 21.0 Å². The Morgan fingerprint density at radius 3 is 2.43 bits per heavy atom. The highest BCUT2D eigenvalue weighted by atomic mass is 32.2. The zero-order valence-corrected chi connectivity index (χ0v) is 15.6. The van der Waals surface area contributed by atoms with Crippen molar-refractivity contribution in [3.05, 3.63) is 60.2 Å². The number of alkyl halides is 3. The van der Waals surface area contributed by atoms with Crippen LogP contribution in [0.2, 0.25) is 0 Å². The second-order valence-electron chi connectivity index (χ2n) is 6.51. The minimum Gasteiger partial charge on any atom is -0.325 e. The Morgan fingerprint density at radius 1 is 1.04 bits per heavy atom. The normalized spacial score (nSPS) is 18.6. The van der Waals surface area contributed by atoms with Crippen molar-refractivity contribution in [2.24, 2.45) is 0 Å². The summed E-state index contributed by atoms with van der Waals surface area (Å²) < 4.78 is 65.6. The van der Waals surface area contributed by atoms with Crippen LogP contribution in [0.5, 0.6) is 0 Å². The summed E-state index contributed by atoms with van der Waals surface area (Å²) >= 11 is 0. The van der Waals surface area contributed by atoms with Gasteiger partial charge in [-0.15, -0.1) is 0 Å². The number of sulfonamides is 1. The number of amides is 1. The molecule has 0 aromatic heterocycles. The van der Waals surface area contributed by atoms with Gasteiger partial charge in [-0.2, -0.15) is 17.5 Å². The molecule has 5 nitrogen and oxygen atoms in total. The molecule has 0 bridgehead atoms. The molecular weight excluding hydrogens is 393 g/mol. The van der Waals surface area contributed by atoms with Crippen molar-refractivity contribution in [1.29, 1.82) is 0 Å². The molecule has 0 aliphatic carbocycles. The molecule has 1 saturated heterocycles. The molecule has 1 N–H and O–H groups in total. The predicted molar refractivity (Wildman–Crippen MR) is 98.0 cm³/mol. The number of nitrogens with zero attached hydrogens (tertiary/aromatic N) is 1. The van der Waals surface area contributed by atoms with Crippen molar-refractivity contribution >= 4 is 21.6 Å². The molecule has 1 heterocycles. The fourth-order valence-electron chi connectivity index (χ4n) is 3.18. The van der Waals surface area contributed by atoms with Gasteiger partial charge in [0, 0.05) is 12.2 Å². The summed E-state index contributed by atoms with van der Waals surface area (Å²) in [7, 11) is -3.89. The molecule has 150 valence electrons. The molecule has 1 amide bonds. The van der Waals surface area contributed by atoms with Gasteiger partial charge in [0.1, 0.15) is 6.04 Å². The SMILES string of the molecule is O=C(Nc1cccc(C(F)(F)F)c1)[C@H]1CCCCN1S(=O)(=O)c1ccccc1. The van der Waals surface area contributed by atoms with Crippen LogP contribution >= 0.6 is 0 Å². The summed E-state index contributed by atoms with van der Waals surface area (Å²) in [5, 5.41) is 2.43. The lowest BCUT2D eigenvalue weighted by Crippen LogP contribution is -2.49. The van der Waals surface area contributed by atoms with E-state index in [-0.39, 0.29) is 17.1 Å². The van der Waals surface area contributed by atoms with Gasteiger partial charge in [0.2, 0.25) is 15.9 Å². The van der Waals surface area contributed by atoms with E-state index in [4.69, 9.17) is 0 Å². The lowest BCUT2D eigenvalue weighted by molar-refractivity contribution is -0.137. The standard InChI is InChI=1S/C19H19F3N2O3S/c20-19(21,22)14-7-6-8-15(13-14)23-18(25)17-11-4-5-12-24(17)28(26,27)16-9-2-1-3-10-16/h1-3,6-10,13,17H,4-5,11-12H2,(H,23,25)/t17-/m1/s1. The third-order valence-electron chi connectivity index (χ3n) is 4.56. The monoisotopic (exact) mass is 412 g/mol. The fourth-order valence-corrected chi connectivity index (χ4v) is 4.86. The van der Waals surface area contributed by atoms with Crippen LogP contribution in [0.1, 0.15) is 24.8 Å². The van der Waals surface area contributed by atoms with E-state index in [0.29, 0.717) is 19.3 Å². The zero-order valence-electron chi connectivity index (χ0n) is 14.8. The average Bonchev–Trinajstić information content (AvgIpc) is 2.68. The molecule has 1 fully saturated rings. The van der Waals surface area contributed by atoms with Crippen LogP contribution in [0.25, 0.3) is 0 Å². The molecule has 2 aromatic carbocycles. The number of rotatable bonds is 4. The van der Waals surface area contributed by atoms with Gasteiger partial charge in [0.05, 0.1) is 10.5 Å². The Balaban J connectivity index is 1.84. The van der Waals surface area contributed by atoms with Crippen molar-refractivity contribution in [1.82, 2.24) is 4.31 Å². The van der Waals surface area contributed by atoms with E-state index < -0.39 is 33.7 Å². The molecule has 1 atom stereocenters. The summed E-state index contributed by atoms with van der Waals surface area (Å²) in [6.07, 6.45) is -2.97. The van der Waals surface area contributed by atoms with Gasteiger partial charge in [-0.05, 0) is 43.2 Å². The van der Waals surface area contributed by atoms with Gasteiger partial charge >= 0.3 is 6.18 Å². The third-order valence-corrected chi connectivity index (χ3v) is 6.49. The van der Waals surface area contributed by atoms with Crippen molar-refractivity contribution in [2.45, 2.75) is 36.4 Å². The molecule has 1 aliphatic heterocycles. The summed E-state index contributed by atoms with van der Waals surface area (Å²) in [6.45, 7) is 0.178. The molecule has 2 aromatic rings. The quantitative estimate of drug-likeness (QED) is 0.829. The maximum absolute atomic E-state index is 12.9. The minimum atomic E-state index is -4.53. The van der Waals surface area contributed by atoms with E-state index in [0.717, 1.165) is 16.4 Å². The second-order valence-corrected chi connectivity index (χ2v) is 8.40. The maximum Gasteiger partial charge on any atom is 0.416 e. The Hall–Kier alpha value is -2.39. The van der Waals surface area contributed by atoms with Gasteiger partial charge < -0.3 is 5.32 Å². The molecule has 0 saturated carbocycles. The lowest BCUT2D eigenvalue weighted by atomic mass is 10.0. The topological polar surface area (TPSA) is 66.5 Å². The molecular formula is C19H19F3N2O3S. The van der Waals surface area contributed by atoms with E-state index in [1.54, 1.807) is 18.2 Å². The largest absolute Gasteiger partial charge is 0.416 e. The fraction of sp³-hybridized carbons (Fsp3) is 0.316. The number of hydrogen-bond donors (Lipinski definition) is 1. The predicted octanol–water partition coefficient (Wildman–Crippen LogP) is 3.89. The first kappa shape index (κ1) is 20.3. The van der Waals surface area contributed by atoms with Gasteiger partial charge in [-0.3, -0.25) is 4.79 Å². The number of carbonyl (C=O) groups excluding carboxylic acids is 1. The number of anilines is 1. The number of benzene rings is 2. The Morgan fingerprint density at radius 2 is 1.75 bits per heavy atom. The third kappa shape index (κ3) is 4.36. The van der Waals surface area contributed by atoms with Crippen LogP contribution < -0.4 is 5.32 Å². The highest BCUT2D eigenvalue weighted by Crippen LogP contribution is 2.31. The smallest absolute Gasteiger partial charge is 0.325 e. The first-order valence-electron chi connectivity index (χ1n) is 8.74. The van der Waals surface area contributed by atoms with Crippen molar-refractivity contribution in [3.8, 4) is 0 Å².